The topological polar surface area (TPSA) is 6.48 Å². The number of rotatable bonds is 6. The van der Waals surface area contributed by atoms with Gasteiger partial charge in [0, 0.05) is 33.9 Å². The number of anilines is 5. The molecule has 9 aromatic rings. The Morgan fingerprint density at radius 3 is 1.93 bits per heavy atom. The highest BCUT2D eigenvalue weighted by Crippen LogP contribution is 2.52. The smallest absolute Gasteiger partial charge is 0.0629 e. The lowest BCUT2D eigenvalue weighted by Crippen LogP contribution is -2.29. The van der Waals surface area contributed by atoms with E-state index in [9.17, 15) is 0 Å². The summed E-state index contributed by atoms with van der Waals surface area (Å²) in [5.74, 6) is 0.279. The van der Waals surface area contributed by atoms with Crippen molar-refractivity contribution in [2.45, 2.75) is 12.0 Å². The Balaban J connectivity index is 1.20. The maximum absolute atomic E-state index is 2.58. The Morgan fingerprint density at radius 2 is 1.07 bits per heavy atom. The van der Waals surface area contributed by atoms with Crippen LogP contribution in [0, 0.1) is 0 Å². The summed E-state index contributed by atoms with van der Waals surface area (Å²) in [7, 11) is 0. The molecule has 0 bridgehead atoms. The largest absolute Gasteiger partial charge is 0.333 e. The number of hydrogen-bond acceptors (Lipinski definition) is 2. The van der Waals surface area contributed by atoms with Crippen LogP contribution in [0.2, 0.25) is 0 Å². The standard InChI is InChI=1S/C54H38N2/c1-3-16-37(17-4-1)40-21-15-22-42(34-40)55(52-35-41-31-30-39-20-7-8-23-45(39)54(41)49-27-10-9-26-48(49)52)43-32-33-44(38-18-5-2-6-19-38)53(36-43)56-50-28-13-11-24-46(50)47-25-12-14-29-51(47)56/h1-36,46,50H. The predicted molar refractivity (Wildman–Crippen MR) is 238 cm³/mol. The summed E-state index contributed by atoms with van der Waals surface area (Å²) >= 11 is 0. The fourth-order valence-electron chi connectivity index (χ4n) is 9.22. The van der Waals surface area contributed by atoms with Crippen molar-refractivity contribution < 1.29 is 0 Å². The van der Waals surface area contributed by atoms with E-state index in [2.05, 4.69) is 228 Å². The average Bonchev–Trinajstić information content (AvgIpc) is 3.61. The van der Waals surface area contributed by atoms with Crippen molar-refractivity contribution in [3.63, 3.8) is 0 Å². The summed E-state index contributed by atoms with van der Waals surface area (Å²) in [6.07, 6.45) is 9.14. The van der Waals surface area contributed by atoms with Gasteiger partial charge in [0.1, 0.15) is 0 Å². The van der Waals surface area contributed by atoms with Gasteiger partial charge < -0.3 is 9.80 Å². The molecule has 1 aliphatic heterocycles. The van der Waals surface area contributed by atoms with Crippen LogP contribution in [0.25, 0.3) is 54.6 Å². The Hall–Kier alpha value is -7.16. The summed E-state index contributed by atoms with van der Waals surface area (Å²) in [6.45, 7) is 0. The average molecular weight is 715 g/mol. The van der Waals surface area contributed by atoms with Crippen LogP contribution in [-0.4, -0.2) is 6.04 Å². The molecule has 2 heteroatoms. The molecule has 56 heavy (non-hydrogen) atoms. The van der Waals surface area contributed by atoms with Crippen molar-refractivity contribution in [2.24, 2.45) is 0 Å². The third kappa shape index (κ3) is 5.26. The lowest BCUT2D eigenvalue weighted by Gasteiger charge is -2.33. The highest BCUT2D eigenvalue weighted by atomic mass is 15.2. The molecule has 2 unspecified atom stereocenters. The molecule has 0 fully saturated rings. The van der Waals surface area contributed by atoms with Crippen LogP contribution in [0.3, 0.4) is 0 Å². The molecule has 11 rings (SSSR count). The van der Waals surface area contributed by atoms with Crippen molar-refractivity contribution in [2.75, 3.05) is 9.80 Å². The quantitative estimate of drug-likeness (QED) is 0.158. The third-order valence-electron chi connectivity index (χ3n) is 11.7. The number of benzene rings is 9. The summed E-state index contributed by atoms with van der Waals surface area (Å²) in [4.78, 5) is 5.06. The maximum atomic E-state index is 2.58. The molecule has 2 atom stereocenters. The van der Waals surface area contributed by atoms with Crippen LogP contribution >= 0.6 is 0 Å². The number of fused-ring (bicyclic) bond motifs is 8. The number of para-hydroxylation sites is 1. The molecule has 1 heterocycles. The zero-order valence-corrected chi connectivity index (χ0v) is 30.8. The van der Waals surface area contributed by atoms with E-state index < -0.39 is 0 Å². The first-order valence-electron chi connectivity index (χ1n) is 19.5. The monoisotopic (exact) mass is 714 g/mol. The second-order valence-corrected chi connectivity index (χ2v) is 14.9. The van der Waals surface area contributed by atoms with Gasteiger partial charge in [0.2, 0.25) is 0 Å². The molecule has 0 aromatic heterocycles. The second kappa shape index (κ2) is 13.3. The molecule has 9 aromatic carbocycles. The minimum atomic E-state index is 0.166. The molecule has 2 nitrogen and oxygen atoms in total. The van der Waals surface area contributed by atoms with Gasteiger partial charge in [-0.2, -0.15) is 0 Å². The summed E-state index contributed by atoms with van der Waals surface area (Å²) in [6, 6.07) is 71.4. The first-order chi connectivity index (χ1) is 27.8. The van der Waals surface area contributed by atoms with E-state index in [1.807, 2.05) is 0 Å². The fourth-order valence-corrected chi connectivity index (χ4v) is 9.22. The first kappa shape index (κ1) is 32.3. The summed E-state index contributed by atoms with van der Waals surface area (Å²) in [5, 5.41) is 7.49. The minimum absolute atomic E-state index is 0.166. The van der Waals surface area contributed by atoms with Gasteiger partial charge in [-0.25, -0.2) is 0 Å². The van der Waals surface area contributed by atoms with Crippen LogP contribution in [0.1, 0.15) is 11.5 Å². The van der Waals surface area contributed by atoms with Gasteiger partial charge in [-0.15, -0.1) is 0 Å². The van der Waals surface area contributed by atoms with E-state index in [-0.39, 0.29) is 12.0 Å². The zero-order chi connectivity index (χ0) is 37.0. The highest BCUT2D eigenvalue weighted by molar-refractivity contribution is 6.23. The van der Waals surface area contributed by atoms with Gasteiger partial charge in [-0.1, -0.05) is 182 Å². The Labute approximate surface area is 327 Å². The van der Waals surface area contributed by atoms with Crippen LogP contribution in [0.15, 0.2) is 218 Å². The van der Waals surface area contributed by atoms with E-state index >= 15 is 0 Å². The van der Waals surface area contributed by atoms with E-state index in [4.69, 9.17) is 0 Å². The molecule has 264 valence electrons. The Morgan fingerprint density at radius 1 is 0.411 bits per heavy atom. The van der Waals surface area contributed by atoms with Crippen LogP contribution in [-0.2, 0) is 0 Å². The van der Waals surface area contributed by atoms with Gasteiger partial charge in [-0.3, -0.25) is 0 Å². The van der Waals surface area contributed by atoms with Crippen molar-refractivity contribution >= 4 is 60.8 Å². The number of allylic oxidation sites excluding steroid dienone is 2. The molecule has 0 saturated heterocycles. The zero-order valence-electron chi connectivity index (χ0n) is 30.8. The van der Waals surface area contributed by atoms with E-state index in [0.717, 1.165) is 17.1 Å². The second-order valence-electron chi connectivity index (χ2n) is 14.9. The molecular formula is C54H38N2. The molecular weight excluding hydrogens is 677 g/mol. The van der Waals surface area contributed by atoms with E-state index in [1.165, 1.54) is 71.5 Å². The molecule has 0 N–H and O–H groups in total. The molecule has 2 aliphatic rings. The van der Waals surface area contributed by atoms with Crippen LogP contribution in [0.5, 0.6) is 0 Å². The molecule has 0 saturated carbocycles. The maximum Gasteiger partial charge on any atom is 0.0629 e. The van der Waals surface area contributed by atoms with Crippen molar-refractivity contribution in [1.29, 1.82) is 0 Å². The minimum Gasteiger partial charge on any atom is -0.333 e. The predicted octanol–water partition coefficient (Wildman–Crippen LogP) is 14.7. The molecule has 0 radical (unpaired) electrons. The van der Waals surface area contributed by atoms with E-state index in [0.29, 0.717) is 0 Å². The van der Waals surface area contributed by atoms with E-state index in [1.54, 1.807) is 0 Å². The van der Waals surface area contributed by atoms with Crippen molar-refractivity contribution in [3.05, 3.63) is 224 Å². The lowest BCUT2D eigenvalue weighted by atomic mass is 9.91. The summed E-state index contributed by atoms with van der Waals surface area (Å²) < 4.78 is 0. The van der Waals surface area contributed by atoms with Crippen LogP contribution < -0.4 is 9.80 Å². The SMILES string of the molecule is C1=CC2c3ccccc3N(c3cc(N(c4cccc(-c5ccccc5)c4)c4cc5ccc6ccccc6c5c5ccccc45)ccc3-c3ccccc3)C2C=C1. The van der Waals surface area contributed by atoms with Gasteiger partial charge in [0.15, 0.2) is 0 Å². The van der Waals surface area contributed by atoms with Gasteiger partial charge in [0.05, 0.1) is 17.4 Å². The van der Waals surface area contributed by atoms with Gasteiger partial charge >= 0.3 is 0 Å². The fraction of sp³-hybridized carbons (Fsp3) is 0.0370. The Bertz CT molecular complexity index is 3000. The first-order valence-corrected chi connectivity index (χ1v) is 19.5. The normalized spacial score (nSPS) is 15.7. The molecule has 1 aliphatic carbocycles. The highest BCUT2D eigenvalue weighted by Gasteiger charge is 2.38. The number of nitrogens with zero attached hydrogens (tertiary/aromatic N) is 2. The third-order valence-corrected chi connectivity index (χ3v) is 11.7. The summed E-state index contributed by atoms with van der Waals surface area (Å²) in [5.41, 5.74) is 12.0. The lowest BCUT2D eigenvalue weighted by molar-refractivity contribution is 0.745. The number of hydrogen-bond donors (Lipinski definition) is 0. The van der Waals surface area contributed by atoms with Crippen LogP contribution in [0.4, 0.5) is 28.4 Å². The van der Waals surface area contributed by atoms with Gasteiger partial charge in [0.25, 0.3) is 0 Å². The van der Waals surface area contributed by atoms with Crippen molar-refractivity contribution in [3.8, 4) is 22.3 Å². The molecule has 0 amide bonds. The molecule has 0 spiro atoms. The Kier molecular flexibility index (Phi) is 7.67. The van der Waals surface area contributed by atoms with Gasteiger partial charge in [-0.05, 0) is 85.6 Å². The van der Waals surface area contributed by atoms with Crippen molar-refractivity contribution in [1.82, 2.24) is 0 Å².